The molecular weight excluding hydrogens is 338 g/mol. The molecule has 0 atom stereocenters. The molecule has 0 fully saturated rings. The van der Waals surface area contributed by atoms with Crippen LogP contribution in [0.25, 0.3) is 11.4 Å². The van der Waals surface area contributed by atoms with E-state index in [1.807, 2.05) is 42.8 Å². The highest BCUT2D eigenvalue weighted by atomic mass is 32.2. The second kappa shape index (κ2) is 6.98. The topological polar surface area (TPSA) is 88.2 Å². The molecular formula is C18H17N3O3S. The Morgan fingerprint density at radius 3 is 2.64 bits per heavy atom. The van der Waals surface area contributed by atoms with Crippen molar-refractivity contribution in [3.63, 3.8) is 0 Å². The minimum Gasteiger partial charge on any atom is -0.504 e. The van der Waals surface area contributed by atoms with Crippen molar-refractivity contribution in [2.45, 2.75) is 12.1 Å². The number of hydrogen-bond acceptors (Lipinski definition) is 6. The third-order valence-electron chi connectivity index (χ3n) is 3.74. The first-order valence-corrected chi connectivity index (χ1v) is 8.58. The Morgan fingerprint density at radius 1 is 1.12 bits per heavy atom. The van der Waals surface area contributed by atoms with E-state index in [1.165, 1.54) is 30.0 Å². The predicted molar refractivity (Wildman–Crippen MR) is 96.0 cm³/mol. The van der Waals surface area contributed by atoms with Gasteiger partial charge in [0.1, 0.15) is 0 Å². The zero-order valence-corrected chi connectivity index (χ0v) is 14.6. The van der Waals surface area contributed by atoms with Gasteiger partial charge in [-0.25, -0.2) is 0 Å². The van der Waals surface area contributed by atoms with Crippen molar-refractivity contribution in [1.82, 2.24) is 14.8 Å². The van der Waals surface area contributed by atoms with E-state index in [0.717, 1.165) is 17.0 Å². The molecule has 0 amide bonds. The number of Topliss-reactive ketones (excluding diaryl/α,β-unsaturated/α-hetero) is 1. The number of rotatable bonds is 5. The molecule has 2 aromatic carbocycles. The van der Waals surface area contributed by atoms with Crippen molar-refractivity contribution in [2.24, 2.45) is 7.05 Å². The van der Waals surface area contributed by atoms with Crippen LogP contribution in [0.3, 0.4) is 0 Å². The molecule has 0 bridgehead atoms. The number of nitrogens with zero attached hydrogens (tertiary/aromatic N) is 3. The lowest BCUT2D eigenvalue weighted by Gasteiger charge is -2.05. The molecule has 0 saturated carbocycles. The Bertz CT molecular complexity index is 937. The number of phenolic OH excluding ortho intramolecular Hbond substituents is 2. The third kappa shape index (κ3) is 3.66. The van der Waals surface area contributed by atoms with Crippen LogP contribution in [0.5, 0.6) is 11.5 Å². The van der Waals surface area contributed by atoms with E-state index in [2.05, 4.69) is 10.2 Å². The molecule has 25 heavy (non-hydrogen) atoms. The summed E-state index contributed by atoms with van der Waals surface area (Å²) in [5.74, 6) is 0.169. The van der Waals surface area contributed by atoms with Crippen molar-refractivity contribution in [2.75, 3.05) is 5.75 Å². The van der Waals surface area contributed by atoms with Gasteiger partial charge >= 0.3 is 0 Å². The number of phenols is 2. The number of thioether (sulfide) groups is 1. The fraction of sp³-hybridized carbons (Fsp3) is 0.167. The normalized spacial score (nSPS) is 10.8. The quantitative estimate of drug-likeness (QED) is 0.415. The number of ketones is 1. The molecule has 128 valence electrons. The lowest BCUT2D eigenvalue weighted by Crippen LogP contribution is -2.04. The Labute approximate surface area is 149 Å². The van der Waals surface area contributed by atoms with Crippen LogP contribution in [0.15, 0.2) is 47.6 Å². The van der Waals surface area contributed by atoms with Gasteiger partial charge in [-0.3, -0.25) is 4.79 Å². The molecule has 0 aliphatic carbocycles. The molecule has 7 heteroatoms. The summed E-state index contributed by atoms with van der Waals surface area (Å²) in [6, 6.07) is 12.0. The Balaban J connectivity index is 1.74. The molecule has 2 N–H and O–H groups in total. The summed E-state index contributed by atoms with van der Waals surface area (Å²) < 4.78 is 1.85. The number of aromatic nitrogens is 3. The van der Waals surface area contributed by atoms with Crippen LogP contribution in [-0.2, 0) is 7.05 Å². The molecule has 0 aliphatic heterocycles. The zero-order valence-electron chi connectivity index (χ0n) is 13.8. The molecule has 0 aliphatic rings. The highest BCUT2D eigenvalue weighted by Crippen LogP contribution is 2.27. The van der Waals surface area contributed by atoms with E-state index in [1.54, 1.807) is 0 Å². The number of aromatic hydroxyl groups is 2. The SMILES string of the molecule is Cc1cccc(-c2nnc(SCC(=O)c3ccc(O)c(O)c3)n2C)c1. The summed E-state index contributed by atoms with van der Waals surface area (Å²) >= 11 is 1.28. The summed E-state index contributed by atoms with van der Waals surface area (Å²) in [6.07, 6.45) is 0. The molecule has 0 unspecified atom stereocenters. The maximum Gasteiger partial charge on any atom is 0.191 e. The van der Waals surface area contributed by atoms with Crippen molar-refractivity contribution in [1.29, 1.82) is 0 Å². The lowest BCUT2D eigenvalue weighted by atomic mass is 10.1. The summed E-state index contributed by atoms with van der Waals surface area (Å²) in [7, 11) is 1.86. The minimum atomic E-state index is -0.309. The molecule has 0 radical (unpaired) electrons. The maximum atomic E-state index is 12.2. The second-order valence-corrected chi connectivity index (χ2v) is 6.59. The molecule has 6 nitrogen and oxygen atoms in total. The van der Waals surface area contributed by atoms with Gasteiger partial charge in [0.05, 0.1) is 5.75 Å². The molecule has 3 rings (SSSR count). The van der Waals surface area contributed by atoms with E-state index in [4.69, 9.17) is 0 Å². The number of aryl methyl sites for hydroxylation is 1. The van der Waals surface area contributed by atoms with E-state index in [-0.39, 0.29) is 23.0 Å². The predicted octanol–water partition coefficient (Wildman–Crippen LogP) is 3.18. The fourth-order valence-corrected chi connectivity index (χ4v) is 3.19. The second-order valence-electron chi connectivity index (χ2n) is 5.65. The van der Waals surface area contributed by atoms with Crippen molar-refractivity contribution in [3.05, 3.63) is 53.6 Å². The fourth-order valence-electron chi connectivity index (χ4n) is 2.39. The molecule has 1 heterocycles. The summed E-state index contributed by atoms with van der Waals surface area (Å²) in [5.41, 5.74) is 2.44. The average molecular weight is 355 g/mol. The standard InChI is InChI=1S/C18H17N3O3S/c1-11-4-3-5-13(8-11)17-19-20-18(21(17)2)25-10-16(24)12-6-7-14(22)15(23)9-12/h3-9,22-23H,10H2,1-2H3. The van der Waals surface area contributed by atoms with Gasteiger partial charge in [-0.2, -0.15) is 0 Å². The van der Waals surface area contributed by atoms with Gasteiger partial charge in [-0.1, -0.05) is 35.5 Å². The van der Waals surface area contributed by atoms with Crippen LogP contribution in [0, 0.1) is 6.92 Å². The Morgan fingerprint density at radius 2 is 1.92 bits per heavy atom. The zero-order chi connectivity index (χ0) is 18.0. The third-order valence-corrected chi connectivity index (χ3v) is 4.76. The Kier molecular flexibility index (Phi) is 4.76. The first-order valence-electron chi connectivity index (χ1n) is 7.60. The van der Waals surface area contributed by atoms with E-state index in [9.17, 15) is 15.0 Å². The molecule has 1 aromatic heterocycles. The van der Waals surface area contributed by atoms with Crippen LogP contribution in [0.4, 0.5) is 0 Å². The number of carbonyl (C=O) groups excluding carboxylic acids is 1. The molecule has 0 saturated heterocycles. The van der Waals surface area contributed by atoms with Gasteiger partial charge in [0.25, 0.3) is 0 Å². The summed E-state index contributed by atoms with van der Waals surface area (Å²) in [5, 5.41) is 27.8. The maximum absolute atomic E-state index is 12.2. The molecule has 0 spiro atoms. The van der Waals surface area contributed by atoms with Crippen LogP contribution in [0.2, 0.25) is 0 Å². The van der Waals surface area contributed by atoms with Crippen LogP contribution in [-0.4, -0.2) is 36.5 Å². The summed E-state index contributed by atoms with van der Waals surface area (Å²) in [4.78, 5) is 12.2. The highest BCUT2D eigenvalue weighted by molar-refractivity contribution is 7.99. The summed E-state index contributed by atoms with van der Waals surface area (Å²) in [6.45, 7) is 2.02. The first-order chi connectivity index (χ1) is 12.0. The van der Waals surface area contributed by atoms with Crippen molar-refractivity contribution < 1.29 is 15.0 Å². The van der Waals surface area contributed by atoms with Gasteiger partial charge < -0.3 is 14.8 Å². The van der Waals surface area contributed by atoms with Gasteiger partial charge in [-0.15, -0.1) is 10.2 Å². The highest BCUT2D eigenvalue weighted by Gasteiger charge is 2.14. The van der Waals surface area contributed by atoms with Crippen LogP contribution in [0.1, 0.15) is 15.9 Å². The van der Waals surface area contributed by atoms with Gasteiger partial charge in [0.2, 0.25) is 0 Å². The minimum absolute atomic E-state index is 0.157. The van der Waals surface area contributed by atoms with E-state index in [0.29, 0.717) is 10.7 Å². The Hall–Kier alpha value is -2.80. The van der Waals surface area contributed by atoms with Gasteiger partial charge in [0, 0.05) is 18.2 Å². The number of benzene rings is 2. The largest absolute Gasteiger partial charge is 0.504 e. The monoisotopic (exact) mass is 355 g/mol. The number of carbonyl (C=O) groups is 1. The van der Waals surface area contributed by atoms with Crippen molar-refractivity contribution in [3.8, 4) is 22.9 Å². The smallest absolute Gasteiger partial charge is 0.191 e. The van der Waals surface area contributed by atoms with Crippen LogP contribution >= 0.6 is 11.8 Å². The average Bonchev–Trinajstić information content (AvgIpc) is 2.96. The first kappa shape index (κ1) is 17.0. The van der Waals surface area contributed by atoms with Gasteiger partial charge in [0.15, 0.2) is 28.3 Å². The van der Waals surface area contributed by atoms with E-state index < -0.39 is 0 Å². The van der Waals surface area contributed by atoms with Gasteiger partial charge in [-0.05, 0) is 31.2 Å². The molecule has 3 aromatic rings. The van der Waals surface area contributed by atoms with Crippen LogP contribution < -0.4 is 0 Å². The number of hydrogen-bond donors (Lipinski definition) is 2. The lowest BCUT2D eigenvalue weighted by molar-refractivity contribution is 0.102. The van der Waals surface area contributed by atoms with E-state index >= 15 is 0 Å². The van der Waals surface area contributed by atoms with Crippen molar-refractivity contribution >= 4 is 17.5 Å².